The molecule has 98 valence electrons. The maximum absolute atomic E-state index is 12.1. The molecule has 0 spiro atoms. The minimum atomic E-state index is -4.70. The molecule has 18 heavy (non-hydrogen) atoms. The summed E-state index contributed by atoms with van der Waals surface area (Å²) in [6, 6.07) is 7.28. The zero-order valence-corrected chi connectivity index (χ0v) is 10.3. The Morgan fingerprint density at radius 3 is 2.50 bits per heavy atom. The minimum Gasteiger partial charge on any atom is -0.406 e. The van der Waals surface area contributed by atoms with Crippen LogP contribution in [-0.4, -0.2) is 6.36 Å². The van der Waals surface area contributed by atoms with Gasteiger partial charge in [-0.2, -0.15) is 0 Å². The molecule has 0 fully saturated rings. The van der Waals surface area contributed by atoms with Crippen LogP contribution < -0.4 is 0 Å². The second-order valence-corrected chi connectivity index (χ2v) is 4.12. The molecule has 0 unspecified atom stereocenters. The Hall–Kier alpha value is -1.71. The van der Waals surface area contributed by atoms with Crippen molar-refractivity contribution in [3.63, 3.8) is 0 Å². The number of rotatable bonds is 4. The highest BCUT2D eigenvalue weighted by molar-refractivity contribution is 5.54. The normalized spacial score (nSPS) is 12.7. The van der Waals surface area contributed by atoms with Crippen molar-refractivity contribution in [1.29, 1.82) is 0 Å². The Kier molecular flexibility index (Phi) is 4.59. The molecule has 1 nitrogen and oxygen atoms in total. The van der Waals surface area contributed by atoms with Crippen LogP contribution in [0.15, 0.2) is 42.7 Å². The Morgan fingerprint density at radius 2 is 2.00 bits per heavy atom. The highest BCUT2D eigenvalue weighted by atomic mass is 19.4. The number of hydrogen-bond acceptors (Lipinski definition) is 1. The summed E-state index contributed by atoms with van der Waals surface area (Å²) in [6.45, 7) is 7.34. The maximum Gasteiger partial charge on any atom is 0.573 e. The summed E-state index contributed by atoms with van der Waals surface area (Å²) in [6.07, 6.45) is -2.35. The monoisotopic (exact) mass is 256 g/mol. The van der Waals surface area contributed by atoms with Crippen LogP contribution >= 0.6 is 0 Å². The second-order valence-electron chi connectivity index (χ2n) is 4.12. The van der Waals surface area contributed by atoms with Crippen molar-refractivity contribution in [2.45, 2.75) is 26.1 Å². The largest absolute Gasteiger partial charge is 0.573 e. The van der Waals surface area contributed by atoms with E-state index in [1.807, 2.05) is 26.0 Å². The molecule has 0 aromatic heterocycles. The highest BCUT2D eigenvalue weighted by Gasteiger charge is 2.31. The van der Waals surface area contributed by atoms with E-state index in [4.69, 9.17) is 0 Å². The maximum atomic E-state index is 12.1. The lowest BCUT2D eigenvalue weighted by atomic mass is 10.0. The molecule has 0 amide bonds. The van der Waals surface area contributed by atoms with Gasteiger partial charge in [-0.3, -0.25) is 0 Å². The predicted octanol–water partition coefficient (Wildman–Crippen LogP) is 4.87. The summed E-state index contributed by atoms with van der Waals surface area (Å²) in [5.74, 6) is -0.00234. The van der Waals surface area contributed by atoms with Crippen LogP contribution in [0.4, 0.5) is 13.2 Å². The van der Waals surface area contributed by atoms with Gasteiger partial charge in [0.25, 0.3) is 0 Å². The predicted molar refractivity (Wildman–Crippen MR) is 65.8 cm³/mol. The van der Waals surface area contributed by atoms with E-state index in [0.717, 1.165) is 11.6 Å². The molecule has 0 saturated heterocycles. The molecule has 0 bridgehead atoms. The Morgan fingerprint density at radius 1 is 1.33 bits per heavy atom. The van der Waals surface area contributed by atoms with Crippen molar-refractivity contribution < 1.29 is 17.9 Å². The smallest absolute Gasteiger partial charge is 0.406 e. The van der Waals surface area contributed by atoms with Crippen LogP contribution in [0.5, 0.6) is 0 Å². The van der Waals surface area contributed by atoms with Gasteiger partial charge >= 0.3 is 6.36 Å². The van der Waals surface area contributed by atoms with E-state index >= 15 is 0 Å². The van der Waals surface area contributed by atoms with E-state index in [1.165, 1.54) is 6.08 Å². The average Bonchev–Trinajstić information content (AvgIpc) is 2.26. The summed E-state index contributed by atoms with van der Waals surface area (Å²) in [4.78, 5) is 0. The van der Waals surface area contributed by atoms with E-state index < -0.39 is 6.36 Å². The third-order valence-electron chi connectivity index (χ3n) is 2.32. The summed E-state index contributed by atoms with van der Waals surface area (Å²) < 4.78 is 40.1. The molecule has 0 radical (unpaired) electrons. The molecule has 0 atom stereocenters. The fraction of sp³-hybridized carbons (Fsp3) is 0.286. The summed E-state index contributed by atoms with van der Waals surface area (Å²) >= 11 is 0. The minimum absolute atomic E-state index is 0.314. The number of halogens is 3. The zero-order chi connectivity index (χ0) is 13.8. The van der Waals surface area contributed by atoms with Gasteiger partial charge in [0.2, 0.25) is 0 Å². The Balaban J connectivity index is 2.98. The average molecular weight is 256 g/mol. The SMILES string of the molecule is C=CC(=Cc1cccc(C(C)C)c1)OC(F)(F)F. The van der Waals surface area contributed by atoms with Crippen LogP contribution in [-0.2, 0) is 4.74 Å². The topological polar surface area (TPSA) is 9.23 Å². The quantitative estimate of drug-likeness (QED) is 0.551. The lowest BCUT2D eigenvalue weighted by Crippen LogP contribution is -2.11. The van der Waals surface area contributed by atoms with E-state index in [0.29, 0.717) is 11.5 Å². The fourth-order valence-corrected chi connectivity index (χ4v) is 1.44. The third-order valence-corrected chi connectivity index (χ3v) is 2.32. The lowest BCUT2D eigenvalue weighted by Gasteiger charge is -2.10. The molecular formula is C14H15F3O. The van der Waals surface area contributed by atoms with Crippen LogP contribution in [0, 0.1) is 0 Å². The van der Waals surface area contributed by atoms with Gasteiger partial charge in [0.15, 0.2) is 0 Å². The van der Waals surface area contributed by atoms with Crippen LogP contribution in [0.1, 0.15) is 30.9 Å². The van der Waals surface area contributed by atoms with E-state index in [2.05, 4.69) is 11.3 Å². The number of ether oxygens (including phenoxy) is 1. The van der Waals surface area contributed by atoms with E-state index in [-0.39, 0.29) is 5.76 Å². The van der Waals surface area contributed by atoms with Crippen LogP contribution in [0.3, 0.4) is 0 Å². The van der Waals surface area contributed by atoms with Crippen molar-refractivity contribution in [3.05, 3.63) is 53.8 Å². The second kappa shape index (κ2) is 5.76. The third kappa shape index (κ3) is 4.65. The molecule has 0 N–H and O–H groups in total. The molecule has 1 aromatic carbocycles. The van der Waals surface area contributed by atoms with Crippen molar-refractivity contribution >= 4 is 6.08 Å². The molecule has 0 saturated carbocycles. The van der Waals surface area contributed by atoms with Gasteiger partial charge in [-0.1, -0.05) is 44.7 Å². The molecular weight excluding hydrogens is 241 g/mol. The molecule has 1 rings (SSSR count). The van der Waals surface area contributed by atoms with Crippen molar-refractivity contribution in [2.75, 3.05) is 0 Å². The van der Waals surface area contributed by atoms with Crippen LogP contribution in [0.25, 0.3) is 6.08 Å². The first-order valence-electron chi connectivity index (χ1n) is 5.51. The number of alkyl halides is 3. The molecule has 0 aliphatic carbocycles. The summed E-state index contributed by atoms with van der Waals surface area (Å²) in [5.41, 5.74) is 1.71. The Bertz CT molecular complexity index is 445. The summed E-state index contributed by atoms with van der Waals surface area (Å²) in [5, 5.41) is 0. The number of hydrogen-bond donors (Lipinski definition) is 0. The highest BCUT2D eigenvalue weighted by Crippen LogP contribution is 2.23. The van der Waals surface area contributed by atoms with Gasteiger partial charge in [0.1, 0.15) is 5.76 Å². The number of allylic oxidation sites excluding steroid dienone is 1. The van der Waals surface area contributed by atoms with E-state index in [1.54, 1.807) is 12.1 Å². The van der Waals surface area contributed by atoms with Crippen molar-refractivity contribution in [2.24, 2.45) is 0 Å². The van der Waals surface area contributed by atoms with Gasteiger partial charge in [-0.25, -0.2) is 0 Å². The molecule has 4 heteroatoms. The van der Waals surface area contributed by atoms with Gasteiger partial charge in [0, 0.05) is 0 Å². The first kappa shape index (κ1) is 14.4. The Labute approximate surface area is 105 Å². The van der Waals surface area contributed by atoms with Gasteiger partial charge in [-0.15, -0.1) is 13.2 Å². The molecule has 0 aliphatic heterocycles. The molecule has 1 aromatic rings. The first-order valence-corrected chi connectivity index (χ1v) is 5.51. The van der Waals surface area contributed by atoms with Gasteiger partial charge in [0.05, 0.1) is 0 Å². The van der Waals surface area contributed by atoms with Gasteiger partial charge < -0.3 is 4.74 Å². The van der Waals surface area contributed by atoms with Gasteiger partial charge in [-0.05, 0) is 29.2 Å². The number of benzene rings is 1. The van der Waals surface area contributed by atoms with E-state index in [9.17, 15) is 13.2 Å². The lowest BCUT2D eigenvalue weighted by molar-refractivity contribution is -0.302. The molecule has 0 heterocycles. The molecule has 0 aliphatic rings. The zero-order valence-electron chi connectivity index (χ0n) is 10.3. The summed E-state index contributed by atoms with van der Waals surface area (Å²) in [7, 11) is 0. The van der Waals surface area contributed by atoms with Crippen LogP contribution in [0.2, 0.25) is 0 Å². The first-order chi connectivity index (χ1) is 8.31. The van der Waals surface area contributed by atoms with Crippen molar-refractivity contribution in [3.8, 4) is 0 Å². The fourth-order valence-electron chi connectivity index (χ4n) is 1.44. The van der Waals surface area contributed by atoms with Crippen molar-refractivity contribution in [1.82, 2.24) is 0 Å². The standard InChI is InChI=1S/C14H15F3O/c1-4-13(18-14(15,16)17)9-11-6-5-7-12(8-11)10(2)3/h4-10H,1H2,2-3H3.